The van der Waals surface area contributed by atoms with Gasteiger partial charge in [0.25, 0.3) is 0 Å². The van der Waals surface area contributed by atoms with Crippen LogP contribution in [0.5, 0.6) is 0 Å². The van der Waals surface area contributed by atoms with Gasteiger partial charge in [0.05, 0.1) is 0 Å². The molecule has 0 aromatic carbocycles. The van der Waals surface area contributed by atoms with Crippen LogP contribution in [0.25, 0.3) is 0 Å². The molecule has 15 heavy (non-hydrogen) atoms. The molecule has 4 heteroatoms. The van der Waals surface area contributed by atoms with Crippen molar-refractivity contribution in [2.45, 2.75) is 64.1 Å². The Balaban J connectivity index is 2.20. The maximum atomic E-state index is 11.4. The van der Waals surface area contributed by atoms with Crippen LogP contribution in [0, 0.1) is 0 Å². The van der Waals surface area contributed by atoms with Gasteiger partial charge >= 0.3 is 6.09 Å². The van der Waals surface area contributed by atoms with Gasteiger partial charge in [0.15, 0.2) is 0 Å². The molecule has 1 amide bonds. The standard InChI is InChI=1S/C11H22N2O2/c1-3-8(2)15-11(14)13-10-6-4-9(12)5-7-10/h8-10H,3-7,12H2,1-2H3,(H,13,14). The molecule has 1 fully saturated rings. The number of hydrogen-bond donors (Lipinski definition) is 2. The van der Waals surface area contributed by atoms with E-state index in [0.717, 1.165) is 32.1 Å². The molecule has 1 unspecified atom stereocenters. The Hall–Kier alpha value is -0.770. The average molecular weight is 214 g/mol. The zero-order chi connectivity index (χ0) is 11.3. The first-order valence-corrected chi connectivity index (χ1v) is 5.84. The summed E-state index contributed by atoms with van der Waals surface area (Å²) in [5, 5.41) is 2.89. The van der Waals surface area contributed by atoms with Gasteiger partial charge in [-0.05, 0) is 39.0 Å². The van der Waals surface area contributed by atoms with Gasteiger partial charge in [0, 0.05) is 12.1 Å². The van der Waals surface area contributed by atoms with Crippen LogP contribution in [-0.2, 0) is 4.74 Å². The monoisotopic (exact) mass is 214 g/mol. The number of ether oxygens (including phenoxy) is 1. The SMILES string of the molecule is CCC(C)OC(=O)NC1CCC(N)CC1. The summed E-state index contributed by atoms with van der Waals surface area (Å²) in [7, 11) is 0. The summed E-state index contributed by atoms with van der Waals surface area (Å²) in [6.07, 6.45) is 4.49. The van der Waals surface area contributed by atoms with Crippen LogP contribution in [0.15, 0.2) is 0 Å². The van der Waals surface area contributed by atoms with E-state index in [1.54, 1.807) is 0 Å². The van der Waals surface area contributed by atoms with Crippen molar-refractivity contribution in [2.24, 2.45) is 5.73 Å². The van der Waals surface area contributed by atoms with Gasteiger partial charge < -0.3 is 15.8 Å². The van der Waals surface area contributed by atoms with Crippen LogP contribution in [0.4, 0.5) is 4.79 Å². The van der Waals surface area contributed by atoms with E-state index in [1.165, 1.54) is 0 Å². The third-order valence-corrected chi connectivity index (χ3v) is 2.98. The lowest BCUT2D eigenvalue weighted by molar-refractivity contribution is 0.0993. The Kier molecular flexibility index (Phi) is 4.88. The van der Waals surface area contributed by atoms with E-state index >= 15 is 0 Å². The number of carbonyl (C=O) groups excluding carboxylic acids is 1. The summed E-state index contributed by atoms with van der Waals surface area (Å²) in [5.41, 5.74) is 5.79. The minimum absolute atomic E-state index is 0.00384. The first kappa shape index (κ1) is 12.3. The third kappa shape index (κ3) is 4.51. The number of carbonyl (C=O) groups is 1. The third-order valence-electron chi connectivity index (χ3n) is 2.98. The molecule has 0 spiro atoms. The Bertz CT molecular complexity index is 201. The lowest BCUT2D eigenvalue weighted by atomic mass is 9.92. The van der Waals surface area contributed by atoms with Gasteiger partial charge in [-0.3, -0.25) is 0 Å². The topological polar surface area (TPSA) is 64.3 Å². The van der Waals surface area contributed by atoms with Gasteiger partial charge in [0.1, 0.15) is 6.10 Å². The number of rotatable bonds is 3. The Morgan fingerprint density at radius 3 is 2.60 bits per heavy atom. The lowest BCUT2D eigenvalue weighted by Gasteiger charge is -2.26. The molecule has 0 aliphatic heterocycles. The predicted molar refractivity (Wildman–Crippen MR) is 59.6 cm³/mol. The predicted octanol–water partition coefficient (Wildman–Crippen LogP) is 1.78. The van der Waals surface area contributed by atoms with Crippen LogP contribution in [0.1, 0.15) is 46.0 Å². The van der Waals surface area contributed by atoms with Gasteiger partial charge in [0.2, 0.25) is 0 Å². The molecule has 88 valence electrons. The molecule has 0 aromatic heterocycles. The van der Waals surface area contributed by atoms with Crippen molar-refractivity contribution >= 4 is 6.09 Å². The van der Waals surface area contributed by atoms with E-state index in [-0.39, 0.29) is 18.2 Å². The fraction of sp³-hybridized carbons (Fsp3) is 0.909. The molecular formula is C11H22N2O2. The van der Waals surface area contributed by atoms with Crippen molar-refractivity contribution in [3.8, 4) is 0 Å². The number of amides is 1. The normalized spacial score (nSPS) is 28.2. The molecule has 1 rings (SSSR count). The van der Waals surface area contributed by atoms with Crippen LogP contribution >= 0.6 is 0 Å². The van der Waals surface area contributed by atoms with Crippen molar-refractivity contribution in [1.29, 1.82) is 0 Å². The Labute approximate surface area is 91.5 Å². The highest BCUT2D eigenvalue weighted by Gasteiger charge is 2.20. The fourth-order valence-corrected chi connectivity index (χ4v) is 1.73. The number of hydrogen-bond acceptors (Lipinski definition) is 3. The highest BCUT2D eigenvalue weighted by Crippen LogP contribution is 2.17. The maximum absolute atomic E-state index is 11.4. The zero-order valence-electron chi connectivity index (χ0n) is 9.66. The van der Waals surface area contributed by atoms with Crippen molar-refractivity contribution in [3.05, 3.63) is 0 Å². The minimum atomic E-state index is -0.287. The molecule has 0 heterocycles. The Morgan fingerprint density at radius 2 is 2.07 bits per heavy atom. The fourth-order valence-electron chi connectivity index (χ4n) is 1.73. The number of alkyl carbamates (subject to hydrolysis) is 1. The molecule has 1 atom stereocenters. The molecule has 0 bridgehead atoms. The summed E-state index contributed by atoms with van der Waals surface area (Å²) in [5.74, 6) is 0. The minimum Gasteiger partial charge on any atom is -0.447 e. The van der Waals surface area contributed by atoms with E-state index in [9.17, 15) is 4.79 Å². The molecule has 1 saturated carbocycles. The van der Waals surface area contributed by atoms with Crippen molar-refractivity contribution in [2.75, 3.05) is 0 Å². The van der Waals surface area contributed by atoms with E-state index < -0.39 is 0 Å². The van der Waals surface area contributed by atoms with E-state index in [2.05, 4.69) is 5.32 Å². The van der Waals surface area contributed by atoms with Crippen molar-refractivity contribution < 1.29 is 9.53 Å². The van der Waals surface area contributed by atoms with Gasteiger partial charge in [-0.25, -0.2) is 4.79 Å². The zero-order valence-corrected chi connectivity index (χ0v) is 9.66. The quantitative estimate of drug-likeness (QED) is 0.752. The number of nitrogens with one attached hydrogen (secondary N) is 1. The van der Waals surface area contributed by atoms with Crippen LogP contribution in [0.2, 0.25) is 0 Å². The van der Waals surface area contributed by atoms with Crippen molar-refractivity contribution in [1.82, 2.24) is 5.32 Å². The Morgan fingerprint density at radius 1 is 1.47 bits per heavy atom. The molecule has 3 N–H and O–H groups in total. The first-order chi connectivity index (χ1) is 7.11. The summed E-state index contributed by atoms with van der Waals surface area (Å²) < 4.78 is 5.15. The number of nitrogens with two attached hydrogens (primary N) is 1. The second-order valence-corrected chi connectivity index (χ2v) is 4.38. The van der Waals surface area contributed by atoms with E-state index in [4.69, 9.17) is 10.5 Å². The highest BCUT2D eigenvalue weighted by molar-refractivity contribution is 5.67. The summed E-state index contributed by atoms with van der Waals surface area (Å²) in [6.45, 7) is 3.90. The average Bonchev–Trinajstić information content (AvgIpc) is 2.21. The summed E-state index contributed by atoms with van der Waals surface area (Å²) >= 11 is 0. The lowest BCUT2D eigenvalue weighted by Crippen LogP contribution is -2.41. The van der Waals surface area contributed by atoms with Gasteiger partial charge in [-0.15, -0.1) is 0 Å². The maximum Gasteiger partial charge on any atom is 0.407 e. The molecule has 0 radical (unpaired) electrons. The van der Waals surface area contributed by atoms with E-state index in [0.29, 0.717) is 6.04 Å². The molecule has 1 aliphatic rings. The molecule has 0 aromatic rings. The largest absolute Gasteiger partial charge is 0.447 e. The van der Waals surface area contributed by atoms with Crippen LogP contribution in [-0.4, -0.2) is 24.3 Å². The van der Waals surface area contributed by atoms with Gasteiger partial charge in [-0.2, -0.15) is 0 Å². The molecule has 1 aliphatic carbocycles. The molecule has 0 saturated heterocycles. The summed E-state index contributed by atoms with van der Waals surface area (Å²) in [4.78, 5) is 11.4. The van der Waals surface area contributed by atoms with Crippen LogP contribution < -0.4 is 11.1 Å². The molecular weight excluding hydrogens is 192 g/mol. The highest BCUT2D eigenvalue weighted by atomic mass is 16.6. The smallest absolute Gasteiger partial charge is 0.407 e. The van der Waals surface area contributed by atoms with Crippen molar-refractivity contribution in [3.63, 3.8) is 0 Å². The second-order valence-electron chi connectivity index (χ2n) is 4.38. The molecule has 4 nitrogen and oxygen atoms in total. The summed E-state index contributed by atoms with van der Waals surface area (Å²) in [6, 6.07) is 0.565. The first-order valence-electron chi connectivity index (χ1n) is 5.84. The second kappa shape index (κ2) is 5.95. The van der Waals surface area contributed by atoms with Gasteiger partial charge in [-0.1, -0.05) is 6.92 Å². The van der Waals surface area contributed by atoms with Crippen LogP contribution in [0.3, 0.4) is 0 Å². The van der Waals surface area contributed by atoms with E-state index in [1.807, 2.05) is 13.8 Å².